The van der Waals surface area contributed by atoms with Crippen molar-refractivity contribution in [3.8, 4) is 0 Å². The summed E-state index contributed by atoms with van der Waals surface area (Å²) < 4.78 is 0. The van der Waals surface area contributed by atoms with Crippen LogP contribution in [0.3, 0.4) is 0 Å². The molecule has 2 heteroatoms. The monoisotopic (exact) mass is 224 g/mol. The molecule has 0 aromatic heterocycles. The van der Waals surface area contributed by atoms with Gasteiger partial charge in [0.1, 0.15) is 0 Å². The molecule has 0 aliphatic heterocycles. The van der Waals surface area contributed by atoms with Crippen molar-refractivity contribution in [1.29, 1.82) is 0 Å². The van der Waals surface area contributed by atoms with Gasteiger partial charge in [-0.1, -0.05) is 20.8 Å². The van der Waals surface area contributed by atoms with Crippen LogP contribution in [0.1, 0.15) is 52.9 Å². The largest absolute Gasteiger partial charge is 0.387 e. The average molecular weight is 224 g/mol. The van der Waals surface area contributed by atoms with E-state index < -0.39 is 11.2 Å². The van der Waals surface area contributed by atoms with Crippen molar-refractivity contribution >= 4 is 0 Å². The highest BCUT2D eigenvalue weighted by Crippen LogP contribution is 2.66. The Hall–Kier alpha value is -0.0800. The lowest BCUT2D eigenvalue weighted by molar-refractivity contribution is -0.299. The molecule has 0 aromatic carbocycles. The van der Waals surface area contributed by atoms with E-state index in [1.807, 2.05) is 0 Å². The van der Waals surface area contributed by atoms with E-state index in [1.165, 1.54) is 6.42 Å². The molecule has 0 amide bonds. The summed E-state index contributed by atoms with van der Waals surface area (Å²) in [6, 6.07) is 0. The van der Waals surface area contributed by atoms with E-state index >= 15 is 0 Å². The fourth-order valence-corrected chi connectivity index (χ4v) is 5.53. The second kappa shape index (κ2) is 2.84. The van der Waals surface area contributed by atoms with Gasteiger partial charge in [0.2, 0.25) is 0 Å². The minimum Gasteiger partial charge on any atom is -0.387 e. The molecule has 16 heavy (non-hydrogen) atoms. The fraction of sp³-hybridized carbons (Fsp3) is 1.00. The van der Waals surface area contributed by atoms with Gasteiger partial charge in [0.25, 0.3) is 0 Å². The molecular formula is C14H24O2. The van der Waals surface area contributed by atoms with Gasteiger partial charge in [0, 0.05) is 0 Å². The number of rotatable bonds is 1. The predicted octanol–water partition coefficient (Wildman–Crippen LogP) is 2.33. The summed E-state index contributed by atoms with van der Waals surface area (Å²) in [4.78, 5) is 0. The molecule has 0 heterocycles. The van der Waals surface area contributed by atoms with E-state index in [4.69, 9.17) is 0 Å². The molecule has 4 saturated carbocycles. The summed E-state index contributed by atoms with van der Waals surface area (Å²) in [5.41, 5.74) is -1.34. The van der Waals surface area contributed by atoms with E-state index in [2.05, 4.69) is 20.8 Å². The van der Waals surface area contributed by atoms with E-state index in [-0.39, 0.29) is 5.92 Å². The van der Waals surface area contributed by atoms with Gasteiger partial charge in [-0.05, 0) is 55.3 Å². The first-order valence-corrected chi connectivity index (χ1v) is 6.74. The average Bonchev–Trinajstić information content (AvgIpc) is 2.10. The van der Waals surface area contributed by atoms with Crippen LogP contribution >= 0.6 is 0 Å². The lowest BCUT2D eigenvalue weighted by Gasteiger charge is -2.67. The first-order chi connectivity index (χ1) is 7.29. The number of aliphatic hydroxyl groups is 2. The summed E-state index contributed by atoms with van der Waals surface area (Å²) in [6.45, 7) is 6.42. The standard InChI is InChI=1S/C14H24O2/c1-9(2)14(16)11-4-10-5-12(3,7-11)8-13(14,15)6-10/h9-11,15-16H,4-8H2,1-3H3. The fourth-order valence-electron chi connectivity index (χ4n) is 5.53. The second-order valence-corrected chi connectivity index (χ2v) is 7.41. The number of hydrogen-bond acceptors (Lipinski definition) is 2. The molecule has 2 nitrogen and oxygen atoms in total. The first-order valence-electron chi connectivity index (χ1n) is 6.74. The van der Waals surface area contributed by atoms with Gasteiger partial charge >= 0.3 is 0 Å². The van der Waals surface area contributed by atoms with Crippen molar-refractivity contribution in [2.24, 2.45) is 23.2 Å². The van der Waals surface area contributed by atoms with Gasteiger partial charge in [0.15, 0.2) is 0 Å². The Kier molecular flexibility index (Phi) is 1.96. The van der Waals surface area contributed by atoms with Crippen LogP contribution in [0.2, 0.25) is 0 Å². The van der Waals surface area contributed by atoms with E-state index in [9.17, 15) is 10.2 Å². The van der Waals surface area contributed by atoms with E-state index in [1.54, 1.807) is 0 Å². The smallest absolute Gasteiger partial charge is 0.0984 e. The van der Waals surface area contributed by atoms with Gasteiger partial charge in [0.05, 0.1) is 11.2 Å². The topological polar surface area (TPSA) is 40.5 Å². The molecule has 92 valence electrons. The molecule has 5 unspecified atom stereocenters. The summed E-state index contributed by atoms with van der Waals surface area (Å²) in [5, 5.41) is 21.9. The predicted molar refractivity (Wildman–Crippen MR) is 62.9 cm³/mol. The third kappa shape index (κ3) is 1.10. The van der Waals surface area contributed by atoms with Crippen LogP contribution in [-0.2, 0) is 0 Å². The molecule has 0 aromatic rings. The van der Waals surface area contributed by atoms with Crippen LogP contribution < -0.4 is 0 Å². The van der Waals surface area contributed by atoms with Gasteiger partial charge in [-0.3, -0.25) is 0 Å². The quantitative estimate of drug-likeness (QED) is 0.717. The highest BCUT2D eigenvalue weighted by atomic mass is 16.4. The Morgan fingerprint density at radius 2 is 1.81 bits per heavy atom. The van der Waals surface area contributed by atoms with Crippen molar-refractivity contribution in [1.82, 2.24) is 0 Å². The minimum atomic E-state index is -0.830. The van der Waals surface area contributed by atoms with Crippen molar-refractivity contribution in [3.05, 3.63) is 0 Å². The summed E-state index contributed by atoms with van der Waals surface area (Å²) >= 11 is 0. The molecule has 4 aliphatic rings. The van der Waals surface area contributed by atoms with Crippen LogP contribution in [0.4, 0.5) is 0 Å². The molecule has 0 saturated heterocycles. The van der Waals surface area contributed by atoms with Crippen LogP contribution in [0.25, 0.3) is 0 Å². The first kappa shape index (κ1) is 11.0. The Morgan fingerprint density at radius 1 is 1.12 bits per heavy atom. The van der Waals surface area contributed by atoms with Crippen LogP contribution in [0.5, 0.6) is 0 Å². The Labute approximate surface area is 98.1 Å². The molecular weight excluding hydrogens is 200 g/mol. The van der Waals surface area contributed by atoms with Crippen LogP contribution in [0.15, 0.2) is 0 Å². The summed E-state index contributed by atoms with van der Waals surface area (Å²) in [6.07, 6.45) is 5.14. The molecule has 0 spiro atoms. The second-order valence-electron chi connectivity index (χ2n) is 7.41. The third-order valence-corrected chi connectivity index (χ3v) is 5.73. The third-order valence-electron chi connectivity index (χ3n) is 5.73. The molecule has 5 atom stereocenters. The lowest BCUT2D eigenvalue weighted by atomic mass is 9.41. The zero-order chi connectivity index (χ0) is 11.8. The Bertz CT molecular complexity index is 327. The molecule has 4 aliphatic carbocycles. The normalized spacial score (nSPS) is 59.6. The molecule has 4 bridgehead atoms. The zero-order valence-corrected chi connectivity index (χ0v) is 10.7. The van der Waals surface area contributed by atoms with Crippen LogP contribution in [-0.4, -0.2) is 21.4 Å². The molecule has 4 rings (SSSR count). The van der Waals surface area contributed by atoms with Gasteiger partial charge in [-0.2, -0.15) is 0 Å². The summed E-state index contributed by atoms with van der Waals surface area (Å²) in [5.74, 6) is 1.14. The lowest BCUT2D eigenvalue weighted by Crippen LogP contribution is -2.72. The maximum Gasteiger partial charge on any atom is 0.0984 e. The van der Waals surface area contributed by atoms with E-state index in [0.717, 1.165) is 25.7 Å². The van der Waals surface area contributed by atoms with Gasteiger partial charge in [-0.25, -0.2) is 0 Å². The zero-order valence-electron chi connectivity index (χ0n) is 10.7. The van der Waals surface area contributed by atoms with Gasteiger partial charge in [-0.15, -0.1) is 0 Å². The highest BCUT2D eigenvalue weighted by molar-refractivity contribution is 5.19. The summed E-state index contributed by atoms with van der Waals surface area (Å²) in [7, 11) is 0. The minimum absolute atomic E-state index is 0.158. The van der Waals surface area contributed by atoms with Gasteiger partial charge < -0.3 is 10.2 Å². The Morgan fingerprint density at radius 3 is 2.31 bits per heavy atom. The molecule has 0 radical (unpaired) electrons. The Balaban J connectivity index is 2.06. The van der Waals surface area contributed by atoms with Crippen LogP contribution in [0, 0.1) is 23.2 Å². The van der Waals surface area contributed by atoms with Crippen molar-refractivity contribution < 1.29 is 10.2 Å². The molecule has 4 fully saturated rings. The number of hydrogen-bond donors (Lipinski definition) is 2. The van der Waals surface area contributed by atoms with E-state index in [0.29, 0.717) is 17.3 Å². The van der Waals surface area contributed by atoms with Crippen molar-refractivity contribution in [2.75, 3.05) is 0 Å². The molecule has 2 N–H and O–H groups in total. The highest BCUT2D eigenvalue weighted by Gasteiger charge is 2.68. The van der Waals surface area contributed by atoms with Crippen molar-refractivity contribution in [2.45, 2.75) is 64.1 Å². The maximum absolute atomic E-state index is 11.0. The van der Waals surface area contributed by atoms with Crippen molar-refractivity contribution in [3.63, 3.8) is 0 Å². The maximum atomic E-state index is 11.0. The SMILES string of the molecule is CC(C)C1(O)C2CC3CC(C)(C2)CC1(O)C3.